The molecule has 52 heavy (non-hydrogen) atoms. The van der Waals surface area contributed by atoms with Gasteiger partial charge in [0, 0.05) is 12.8 Å². The van der Waals surface area contributed by atoms with Gasteiger partial charge in [-0.1, -0.05) is 114 Å². The van der Waals surface area contributed by atoms with E-state index in [1.165, 1.54) is 19.3 Å². The molecule has 0 saturated carbocycles. The third-order valence-corrected chi connectivity index (χ3v) is 9.14. The summed E-state index contributed by atoms with van der Waals surface area (Å²) in [6.07, 6.45) is 23.4. The summed E-state index contributed by atoms with van der Waals surface area (Å²) in [6.45, 7) is 3.57. The quantitative estimate of drug-likeness (QED) is 0.0272. The number of aliphatic hydroxyl groups excluding tert-OH is 3. The number of rotatable bonds is 30. The second-order valence-corrected chi connectivity index (χ2v) is 14.7. The lowest BCUT2D eigenvalue weighted by atomic mass is 10.00. The number of hydrogen-bond acceptors (Lipinski definition) is 11. The minimum Gasteiger partial charge on any atom is -0.462 e. The van der Waals surface area contributed by atoms with E-state index in [4.69, 9.17) is 18.9 Å². The molecule has 13 heteroatoms. The molecule has 6 atom stereocenters. The number of unbranched alkanes of at least 4 members (excludes halogenated alkanes) is 10. The third kappa shape index (κ3) is 24.8. The van der Waals surface area contributed by atoms with Gasteiger partial charge >= 0.3 is 11.9 Å². The van der Waals surface area contributed by atoms with Gasteiger partial charge in [0.15, 0.2) is 12.4 Å². The number of carbonyl (C=O) groups excluding carboxylic acids is 2. The highest BCUT2D eigenvalue weighted by atomic mass is 32.2. The molecule has 1 rings (SSSR count). The van der Waals surface area contributed by atoms with Gasteiger partial charge in [0.05, 0.1) is 6.61 Å². The number of esters is 2. The molecule has 2 unspecified atom stereocenters. The minimum absolute atomic E-state index is 0.126. The fourth-order valence-electron chi connectivity index (χ4n) is 5.37. The van der Waals surface area contributed by atoms with E-state index in [1.54, 1.807) is 0 Å². The molecule has 300 valence electrons. The Balaban J connectivity index is 2.53. The average Bonchev–Trinajstić information content (AvgIpc) is 3.10. The summed E-state index contributed by atoms with van der Waals surface area (Å²) < 4.78 is 53.7. The van der Waals surface area contributed by atoms with E-state index in [9.17, 15) is 37.9 Å². The maximum absolute atomic E-state index is 12.7. The van der Waals surface area contributed by atoms with Crippen molar-refractivity contribution in [2.24, 2.45) is 0 Å². The number of hydrogen-bond donors (Lipinski definition) is 4. The maximum atomic E-state index is 12.7. The first kappa shape index (κ1) is 47.6. The molecule has 1 aliphatic rings. The van der Waals surface area contributed by atoms with Crippen LogP contribution in [-0.4, -0.2) is 96.0 Å². The van der Waals surface area contributed by atoms with Gasteiger partial charge in [-0.25, -0.2) is 0 Å². The highest BCUT2D eigenvalue weighted by Crippen LogP contribution is 2.24. The van der Waals surface area contributed by atoms with E-state index in [2.05, 4.69) is 62.5 Å². The molecule has 0 aromatic rings. The molecular formula is C39H66O12S. The van der Waals surface area contributed by atoms with Crippen molar-refractivity contribution >= 4 is 22.1 Å². The van der Waals surface area contributed by atoms with Crippen LogP contribution in [0.25, 0.3) is 0 Å². The number of aliphatic hydroxyl groups is 3. The van der Waals surface area contributed by atoms with Gasteiger partial charge in [0.2, 0.25) is 0 Å². The smallest absolute Gasteiger partial charge is 0.306 e. The molecule has 1 fully saturated rings. The van der Waals surface area contributed by atoms with Gasteiger partial charge in [-0.2, -0.15) is 8.42 Å². The molecule has 0 bridgehead atoms. The second-order valence-electron chi connectivity index (χ2n) is 13.2. The predicted molar refractivity (Wildman–Crippen MR) is 201 cm³/mol. The lowest BCUT2D eigenvalue weighted by molar-refractivity contribution is -0.297. The number of ether oxygens (including phenoxy) is 4. The van der Waals surface area contributed by atoms with Crippen LogP contribution < -0.4 is 0 Å². The molecule has 0 radical (unpaired) electrons. The van der Waals surface area contributed by atoms with Crippen LogP contribution in [0.1, 0.15) is 129 Å². The summed E-state index contributed by atoms with van der Waals surface area (Å²) in [6, 6.07) is 0. The van der Waals surface area contributed by atoms with Crippen LogP contribution in [0.3, 0.4) is 0 Å². The Labute approximate surface area is 312 Å². The molecular weight excluding hydrogens is 692 g/mol. The van der Waals surface area contributed by atoms with Crippen molar-refractivity contribution in [2.45, 2.75) is 166 Å². The molecule has 0 aromatic carbocycles. The van der Waals surface area contributed by atoms with E-state index in [-0.39, 0.29) is 19.4 Å². The lowest BCUT2D eigenvalue weighted by Crippen LogP contribution is -2.60. The largest absolute Gasteiger partial charge is 0.462 e. The molecule has 1 aliphatic heterocycles. The maximum Gasteiger partial charge on any atom is 0.306 e. The van der Waals surface area contributed by atoms with Crippen molar-refractivity contribution in [3.63, 3.8) is 0 Å². The fraction of sp³-hybridized carbons (Fsp3) is 0.744. The van der Waals surface area contributed by atoms with Gasteiger partial charge in [0.25, 0.3) is 10.1 Å². The first-order valence-electron chi connectivity index (χ1n) is 19.2. The summed E-state index contributed by atoms with van der Waals surface area (Å²) in [5.74, 6) is -2.04. The minimum atomic E-state index is -4.60. The number of carbonyl (C=O) groups is 2. The van der Waals surface area contributed by atoms with Crippen LogP contribution in [0.5, 0.6) is 0 Å². The second kappa shape index (κ2) is 30.0. The van der Waals surface area contributed by atoms with Crippen LogP contribution in [0, 0.1) is 0 Å². The van der Waals surface area contributed by atoms with Crippen molar-refractivity contribution in [3.05, 3.63) is 48.6 Å². The van der Waals surface area contributed by atoms with E-state index in [0.29, 0.717) is 12.8 Å². The number of allylic oxidation sites excluding steroid dienone is 8. The zero-order valence-corrected chi connectivity index (χ0v) is 32.2. The van der Waals surface area contributed by atoms with Crippen molar-refractivity contribution < 1.29 is 56.8 Å². The van der Waals surface area contributed by atoms with Gasteiger partial charge in [0.1, 0.15) is 36.8 Å². The predicted octanol–water partition coefficient (Wildman–Crippen LogP) is 6.44. The first-order chi connectivity index (χ1) is 25.0. The highest BCUT2D eigenvalue weighted by Gasteiger charge is 2.46. The summed E-state index contributed by atoms with van der Waals surface area (Å²) in [5, 5.41) is 30.7. The normalized spacial score (nSPS) is 21.8. The Bertz CT molecular complexity index is 1170. The molecule has 0 spiro atoms. The van der Waals surface area contributed by atoms with E-state index >= 15 is 0 Å². The molecule has 0 aliphatic carbocycles. The molecule has 4 N–H and O–H groups in total. The van der Waals surface area contributed by atoms with Gasteiger partial charge < -0.3 is 34.3 Å². The zero-order chi connectivity index (χ0) is 38.5. The van der Waals surface area contributed by atoms with Crippen molar-refractivity contribution in [1.82, 2.24) is 0 Å². The van der Waals surface area contributed by atoms with Crippen LogP contribution in [0.4, 0.5) is 0 Å². The molecule has 1 heterocycles. The topological polar surface area (TPSA) is 186 Å². The Morgan fingerprint density at radius 3 is 1.79 bits per heavy atom. The molecule has 0 amide bonds. The van der Waals surface area contributed by atoms with E-state index in [1.807, 2.05) is 0 Å². The van der Waals surface area contributed by atoms with E-state index < -0.39 is 71.2 Å². The Morgan fingerprint density at radius 2 is 1.19 bits per heavy atom. The van der Waals surface area contributed by atoms with Crippen molar-refractivity contribution in [2.75, 3.05) is 19.0 Å². The van der Waals surface area contributed by atoms with Crippen LogP contribution in [-0.2, 0) is 38.7 Å². The Morgan fingerprint density at radius 1 is 0.654 bits per heavy atom. The Kier molecular flexibility index (Phi) is 27.5. The molecule has 12 nitrogen and oxygen atoms in total. The SMILES string of the molecule is CCC/C=C/C/C=C/C/C=C/C/C=C/CCCCCC(=O)O[C@H](COC(=O)CCCCCCCCC)CO[C@H]1O[C@H](CS(=O)(=O)O)[C@@H](O)C(O)C1O. The molecule has 0 aromatic heterocycles. The summed E-state index contributed by atoms with van der Waals surface area (Å²) in [5.41, 5.74) is 0. The Hall–Kier alpha value is -2.39. The average molecular weight is 759 g/mol. The van der Waals surface area contributed by atoms with Crippen molar-refractivity contribution in [1.29, 1.82) is 0 Å². The lowest BCUT2D eigenvalue weighted by Gasteiger charge is -2.40. The summed E-state index contributed by atoms with van der Waals surface area (Å²) in [4.78, 5) is 25.1. The summed E-state index contributed by atoms with van der Waals surface area (Å²) in [7, 11) is -4.60. The first-order valence-corrected chi connectivity index (χ1v) is 20.8. The van der Waals surface area contributed by atoms with Crippen molar-refractivity contribution in [3.8, 4) is 0 Å². The highest BCUT2D eigenvalue weighted by molar-refractivity contribution is 7.85. The monoisotopic (exact) mass is 758 g/mol. The standard InChI is InChI=1S/C39H66O12S/c1-3-5-7-9-11-12-13-14-15-16-17-18-19-20-22-24-26-28-35(41)50-32(29-48-34(40)27-25-23-21-10-8-6-4-2)30-49-39-38(44)37(43)36(42)33(51-39)31-52(45,46)47/h7,9,12-13,15-16,18-19,32-33,36-39,42-44H,3-6,8,10-11,14,17,20-31H2,1-2H3,(H,45,46,47)/b9-7+,13-12+,16-15+,19-18+/t32-,33-,36-,37?,38?,39+/m1/s1. The summed E-state index contributed by atoms with van der Waals surface area (Å²) >= 11 is 0. The third-order valence-electron chi connectivity index (χ3n) is 8.39. The molecule has 1 saturated heterocycles. The van der Waals surface area contributed by atoms with E-state index in [0.717, 1.165) is 70.6 Å². The van der Waals surface area contributed by atoms with Crippen LogP contribution >= 0.6 is 0 Å². The fourth-order valence-corrected chi connectivity index (χ4v) is 6.06. The van der Waals surface area contributed by atoms with Gasteiger partial charge in [-0.05, 0) is 51.4 Å². The van der Waals surface area contributed by atoms with Gasteiger partial charge in [-0.15, -0.1) is 0 Å². The van der Waals surface area contributed by atoms with Gasteiger partial charge in [-0.3, -0.25) is 14.1 Å². The zero-order valence-electron chi connectivity index (χ0n) is 31.4. The van der Waals surface area contributed by atoms with Crippen LogP contribution in [0.15, 0.2) is 48.6 Å². The van der Waals surface area contributed by atoms with Crippen LogP contribution in [0.2, 0.25) is 0 Å².